The predicted molar refractivity (Wildman–Crippen MR) is 165 cm³/mol. The van der Waals surface area contributed by atoms with Gasteiger partial charge in [-0.05, 0) is 70.2 Å². The smallest absolute Gasteiger partial charge is 0.335 e. The molecule has 6 aromatic rings. The Bertz CT molecular complexity index is 1860. The van der Waals surface area contributed by atoms with E-state index in [4.69, 9.17) is 11.6 Å². The summed E-state index contributed by atoms with van der Waals surface area (Å²) in [5.41, 5.74) is 4.39. The third kappa shape index (κ3) is 5.36. The van der Waals surface area contributed by atoms with Crippen molar-refractivity contribution >= 4 is 73.9 Å². The number of carbonyl (C=O) groups excluding carboxylic acids is 1. The standard InChI is InChI=1S/C32H23ClN2O3S2/c33-30-27-16-25(34-31(36)24-13-14-39-18-24)10-12-28(27)35(17-20-5-7-22(8-6-20)32(37)38)29(30)19-40-26-11-9-21-3-1-2-4-23(21)15-26/h1-16,18H,17,19H2,(H,34,36)(H,37,38). The average Bonchev–Trinajstić information content (AvgIpc) is 3.60. The molecule has 4 aromatic carbocycles. The normalized spacial score (nSPS) is 11.2. The second kappa shape index (κ2) is 11.2. The maximum atomic E-state index is 12.6. The molecule has 0 unspecified atom stereocenters. The van der Waals surface area contributed by atoms with Crippen molar-refractivity contribution in [2.75, 3.05) is 5.32 Å². The number of amides is 1. The molecule has 2 aromatic heterocycles. The SMILES string of the molecule is O=C(O)c1ccc(Cn2c(CSc3ccc4ccccc4c3)c(Cl)c3cc(NC(=O)c4ccsc4)ccc32)cc1. The maximum absolute atomic E-state index is 12.6. The molecule has 0 aliphatic heterocycles. The maximum Gasteiger partial charge on any atom is 0.335 e. The lowest BCUT2D eigenvalue weighted by Gasteiger charge is -2.12. The fourth-order valence-electron chi connectivity index (χ4n) is 4.71. The first-order valence-corrected chi connectivity index (χ1v) is 14.8. The number of carboxylic acid groups (broad SMARTS) is 1. The quantitative estimate of drug-likeness (QED) is 0.176. The fourth-order valence-corrected chi connectivity index (χ4v) is 6.72. The minimum atomic E-state index is -0.953. The van der Waals surface area contributed by atoms with Gasteiger partial charge in [-0.1, -0.05) is 54.1 Å². The summed E-state index contributed by atoms with van der Waals surface area (Å²) in [5, 5.41) is 19.8. The van der Waals surface area contributed by atoms with Gasteiger partial charge in [-0.3, -0.25) is 4.79 Å². The van der Waals surface area contributed by atoms with E-state index in [1.807, 2.05) is 53.2 Å². The summed E-state index contributed by atoms with van der Waals surface area (Å²) in [6, 6.07) is 29.2. The first kappa shape index (κ1) is 26.2. The first-order chi connectivity index (χ1) is 19.5. The molecule has 6 rings (SSSR count). The Morgan fingerprint density at radius 3 is 2.45 bits per heavy atom. The van der Waals surface area contributed by atoms with Crippen molar-refractivity contribution in [3.63, 3.8) is 0 Å². The molecule has 0 saturated carbocycles. The summed E-state index contributed by atoms with van der Waals surface area (Å²) in [7, 11) is 0. The fraction of sp³-hybridized carbons (Fsp3) is 0.0625. The number of carbonyl (C=O) groups is 2. The molecule has 0 atom stereocenters. The molecule has 2 heterocycles. The number of aromatic nitrogens is 1. The van der Waals surface area contributed by atoms with Crippen LogP contribution in [-0.4, -0.2) is 21.6 Å². The van der Waals surface area contributed by atoms with Crippen LogP contribution in [0.3, 0.4) is 0 Å². The van der Waals surface area contributed by atoms with Gasteiger partial charge >= 0.3 is 5.97 Å². The summed E-state index contributed by atoms with van der Waals surface area (Å²) in [6.45, 7) is 0.525. The van der Waals surface area contributed by atoms with Crippen molar-refractivity contribution in [1.29, 1.82) is 0 Å². The van der Waals surface area contributed by atoms with E-state index in [9.17, 15) is 14.7 Å². The number of rotatable bonds is 8. The van der Waals surface area contributed by atoms with Crippen LogP contribution in [0.1, 0.15) is 32.0 Å². The van der Waals surface area contributed by atoms with Crippen LogP contribution in [0.4, 0.5) is 5.69 Å². The van der Waals surface area contributed by atoms with Gasteiger partial charge < -0.3 is 15.0 Å². The molecule has 0 radical (unpaired) electrons. The number of hydrogen-bond acceptors (Lipinski definition) is 4. The van der Waals surface area contributed by atoms with Crippen LogP contribution in [-0.2, 0) is 12.3 Å². The molecular weight excluding hydrogens is 560 g/mol. The summed E-state index contributed by atoms with van der Waals surface area (Å²) >= 11 is 10.2. The molecule has 40 heavy (non-hydrogen) atoms. The van der Waals surface area contributed by atoms with Crippen molar-refractivity contribution in [2.24, 2.45) is 0 Å². The van der Waals surface area contributed by atoms with Gasteiger partial charge in [-0.25, -0.2) is 4.79 Å². The zero-order valence-corrected chi connectivity index (χ0v) is 23.5. The molecule has 0 bridgehead atoms. The largest absolute Gasteiger partial charge is 0.478 e. The molecule has 0 aliphatic rings. The Morgan fingerprint density at radius 1 is 0.900 bits per heavy atom. The summed E-state index contributed by atoms with van der Waals surface area (Å²) in [5.74, 6) is -0.484. The number of nitrogens with one attached hydrogen (secondary N) is 1. The third-order valence-corrected chi connectivity index (χ3v) is 8.89. The van der Waals surface area contributed by atoms with Crippen LogP contribution in [0.2, 0.25) is 5.02 Å². The van der Waals surface area contributed by atoms with Gasteiger partial charge in [-0.2, -0.15) is 11.3 Å². The number of fused-ring (bicyclic) bond motifs is 2. The zero-order chi connectivity index (χ0) is 27.6. The van der Waals surface area contributed by atoms with Crippen molar-refractivity contribution in [2.45, 2.75) is 17.2 Å². The Labute approximate surface area is 244 Å². The van der Waals surface area contributed by atoms with Gasteiger partial charge in [-0.15, -0.1) is 11.8 Å². The molecular formula is C32H23ClN2O3S2. The highest BCUT2D eigenvalue weighted by Crippen LogP contribution is 2.37. The Kier molecular flexibility index (Phi) is 7.34. The Hall–Kier alpha value is -4.04. The summed E-state index contributed by atoms with van der Waals surface area (Å²) in [4.78, 5) is 25.1. The number of aromatic carboxylic acids is 1. The van der Waals surface area contributed by atoms with Gasteiger partial charge in [0.1, 0.15) is 0 Å². The Morgan fingerprint density at radius 2 is 1.70 bits per heavy atom. The predicted octanol–water partition coefficient (Wildman–Crippen LogP) is 8.80. The number of carboxylic acids is 1. The van der Waals surface area contributed by atoms with Gasteiger partial charge in [0.15, 0.2) is 0 Å². The van der Waals surface area contributed by atoms with Crippen LogP contribution < -0.4 is 5.32 Å². The van der Waals surface area contributed by atoms with Crippen molar-refractivity contribution in [1.82, 2.24) is 4.57 Å². The molecule has 8 heteroatoms. The molecule has 0 fully saturated rings. The average molecular weight is 583 g/mol. The van der Waals surface area contributed by atoms with Crippen LogP contribution in [0.5, 0.6) is 0 Å². The number of benzene rings is 4. The second-order valence-electron chi connectivity index (χ2n) is 9.34. The van der Waals surface area contributed by atoms with Crippen molar-refractivity contribution in [3.05, 3.63) is 129 Å². The summed E-state index contributed by atoms with van der Waals surface area (Å²) in [6.07, 6.45) is 0. The number of thiophene rings is 1. The summed E-state index contributed by atoms with van der Waals surface area (Å²) < 4.78 is 2.17. The third-order valence-electron chi connectivity index (χ3n) is 6.78. The van der Waals surface area contributed by atoms with E-state index in [1.165, 1.54) is 22.1 Å². The van der Waals surface area contributed by atoms with Crippen molar-refractivity contribution < 1.29 is 14.7 Å². The van der Waals surface area contributed by atoms with E-state index in [0.29, 0.717) is 28.6 Å². The van der Waals surface area contributed by atoms with Crippen LogP contribution in [0.25, 0.3) is 21.7 Å². The zero-order valence-electron chi connectivity index (χ0n) is 21.1. The van der Waals surface area contributed by atoms with Crippen LogP contribution >= 0.6 is 34.7 Å². The molecule has 1 amide bonds. The minimum Gasteiger partial charge on any atom is -0.478 e. The molecule has 5 nitrogen and oxygen atoms in total. The molecule has 2 N–H and O–H groups in total. The van der Waals surface area contributed by atoms with Gasteiger partial charge in [0.25, 0.3) is 5.91 Å². The first-order valence-electron chi connectivity index (χ1n) is 12.5. The van der Waals surface area contributed by atoms with Crippen molar-refractivity contribution in [3.8, 4) is 0 Å². The van der Waals surface area contributed by atoms with Crippen LogP contribution in [0.15, 0.2) is 107 Å². The molecule has 0 saturated heterocycles. The van der Waals surface area contributed by atoms with E-state index < -0.39 is 5.97 Å². The highest BCUT2D eigenvalue weighted by molar-refractivity contribution is 7.98. The molecule has 0 aliphatic carbocycles. The van der Waals surface area contributed by atoms with Crippen LogP contribution in [0, 0.1) is 0 Å². The van der Waals surface area contributed by atoms with E-state index in [2.05, 4.69) is 40.2 Å². The van der Waals surface area contributed by atoms with E-state index in [-0.39, 0.29) is 11.5 Å². The minimum absolute atomic E-state index is 0.165. The molecule has 0 spiro atoms. The highest BCUT2D eigenvalue weighted by atomic mass is 35.5. The lowest BCUT2D eigenvalue weighted by Crippen LogP contribution is -2.10. The van der Waals surface area contributed by atoms with Gasteiger partial charge in [0, 0.05) is 39.3 Å². The number of halogens is 1. The number of nitrogens with zero attached hydrogens (tertiary/aromatic N) is 1. The second-order valence-corrected chi connectivity index (χ2v) is 11.6. The van der Waals surface area contributed by atoms with Gasteiger partial charge in [0.2, 0.25) is 0 Å². The lowest BCUT2D eigenvalue weighted by molar-refractivity contribution is 0.0696. The van der Waals surface area contributed by atoms with E-state index in [0.717, 1.165) is 27.1 Å². The topological polar surface area (TPSA) is 71.3 Å². The van der Waals surface area contributed by atoms with E-state index in [1.54, 1.807) is 30.0 Å². The highest BCUT2D eigenvalue weighted by Gasteiger charge is 2.18. The van der Waals surface area contributed by atoms with Gasteiger partial charge in [0.05, 0.1) is 21.7 Å². The Balaban J connectivity index is 1.35. The monoisotopic (exact) mass is 582 g/mol. The number of thioether (sulfide) groups is 1. The lowest BCUT2D eigenvalue weighted by atomic mass is 10.1. The van der Waals surface area contributed by atoms with E-state index >= 15 is 0 Å². The number of anilines is 1. The number of hydrogen-bond donors (Lipinski definition) is 2. The molecule has 198 valence electrons.